The summed E-state index contributed by atoms with van der Waals surface area (Å²) >= 11 is 1.13. The predicted octanol–water partition coefficient (Wildman–Crippen LogP) is 2.73. The lowest BCUT2D eigenvalue weighted by molar-refractivity contribution is -0.116. The van der Waals surface area contributed by atoms with Crippen molar-refractivity contribution in [3.05, 3.63) is 50.6 Å². The molecule has 25 heavy (non-hydrogen) atoms. The highest BCUT2D eigenvalue weighted by atomic mass is 32.1. The molecule has 0 bridgehead atoms. The molecule has 134 valence electrons. The Bertz CT molecular complexity index is 806. The minimum Gasteiger partial charge on any atom is -0.339 e. The van der Waals surface area contributed by atoms with Gasteiger partial charge in [0, 0.05) is 48.4 Å². The highest BCUT2D eigenvalue weighted by Crippen LogP contribution is 2.13. The number of benzene rings is 1. The maximum absolute atomic E-state index is 12.4. The molecule has 0 saturated heterocycles. The van der Waals surface area contributed by atoms with Crippen LogP contribution in [0.5, 0.6) is 0 Å². The van der Waals surface area contributed by atoms with Crippen LogP contribution in [-0.4, -0.2) is 34.4 Å². The largest absolute Gasteiger partial charge is 0.339 e. The molecule has 2 amide bonds. The van der Waals surface area contributed by atoms with Crippen molar-refractivity contribution >= 4 is 28.8 Å². The van der Waals surface area contributed by atoms with E-state index in [2.05, 4.69) is 5.32 Å². The predicted molar refractivity (Wildman–Crippen MR) is 100 cm³/mol. The van der Waals surface area contributed by atoms with Gasteiger partial charge < -0.3 is 14.8 Å². The third-order valence-corrected chi connectivity index (χ3v) is 4.86. The molecule has 0 spiro atoms. The molecular weight excluding hydrogens is 338 g/mol. The van der Waals surface area contributed by atoms with Gasteiger partial charge in [-0.05, 0) is 39.0 Å². The zero-order chi connectivity index (χ0) is 18.4. The highest BCUT2D eigenvalue weighted by molar-refractivity contribution is 7.07. The average molecular weight is 361 g/mol. The minimum absolute atomic E-state index is 0.0541. The second-order valence-electron chi connectivity index (χ2n) is 5.65. The number of amides is 2. The van der Waals surface area contributed by atoms with Crippen molar-refractivity contribution in [1.82, 2.24) is 9.47 Å². The van der Waals surface area contributed by atoms with Gasteiger partial charge in [0.15, 0.2) is 0 Å². The molecular formula is C18H23N3O3S. The second-order valence-corrected chi connectivity index (χ2v) is 6.47. The quantitative estimate of drug-likeness (QED) is 0.824. The van der Waals surface area contributed by atoms with Crippen molar-refractivity contribution in [2.75, 3.05) is 18.4 Å². The van der Waals surface area contributed by atoms with Gasteiger partial charge in [0.25, 0.3) is 5.91 Å². The summed E-state index contributed by atoms with van der Waals surface area (Å²) < 4.78 is 1.59. The summed E-state index contributed by atoms with van der Waals surface area (Å²) in [6.45, 7) is 7.33. The van der Waals surface area contributed by atoms with Crippen molar-refractivity contribution < 1.29 is 9.59 Å². The van der Waals surface area contributed by atoms with Crippen LogP contribution in [0.1, 0.15) is 36.3 Å². The van der Waals surface area contributed by atoms with Gasteiger partial charge in [0.05, 0.1) is 0 Å². The summed E-state index contributed by atoms with van der Waals surface area (Å²) in [4.78, 5) is 37.8. The van der Waals surface area contributed by atoms with Crippen LogP contribution < -0.4 is 10.2 Å². The summed E-state index contributed by atoms with van der Waals surface area (Å²) in [5, 5.41) is 4.57. The van der Waals surface area contributed by atoms with Crippen molar-refractivity contribution in [1.29, 1.82) is 0 Å². The zero-order valence-corrected chi connectivity index (χ0v) is 15.6. The van der Waals surface area contributed by atoms with Gasteiger partial charge in [-0.15, -0.1) is 0 Å². The van der Waals surface area contributed by atoms with Gasteiger partial charge in [0.2, 0.25) is 5.91 Å². The van der Waals surface area contributed by atoms with Crippen LogP contribution in [0.15, 0.2) is 34.4 Å². The molecule has 1 aromatic carbocycles. The molecule has 0 unspecified atom stereocenters. The number of aromatic nitrogens is 1. The number of carbonyl (C=O) groups excluding carboxylic acids is 2. The molecule has 1 N–H and O–H groups in total. The molecule has 2 aromatic rings. The molecule has 0 radical (unpaired) electrons. The lowest BCUT2D eigenvalue weighted by atomic mass is 10.1. The molecule has 6 nitrogen and oxygen atoms in total. The van der Waals surface area contributed by atoms with E-state index in [0.717, 1.165) is 17.0 Å². The Hall–Kier alpha value is -2.41. The number of hydrogen-bond acceptors (Lipinski definition) is 4. The molecule has 0 atom stereocenters. The van der Waals surface area contributed by atoms with Crippen LogP contribution in [0, 0.1) is 6.92 Å². The smallest absolute Gasteiger partial charge is 0.307 e. The Balaban J connectivity index is 2.00. The van der Waals surface area contributed by atoms with E-state index in [-0.39, 0.29) is 23.1 Å². The number of carbonyl (C=O) groups is 2. The summed E-state index contributed by atoms with van der Waals surface area (Å²) in [6, 6.07) is 6.92. The van der Waals surface area contributed by atoms with E-state index < -0.39 is 0 Å². The number of thiazole rings is 1. The molecule has 0 aliphatic rings. The average Bonchev–Trinajstić information content (AvgIpc) is 2.92. The Morgan fingerprint density at radius 2 is 1.96 bits per heavy atom. The standard InChI is InChI=1S/C18H23N3O3S/c1-4-20(5-2)17(23)14-7-6-8-15(11-14)19-16(22)9-10-21-13(3)12-25-18(21)24/h6-8,11-12H,4-5,9-10H2,1-3H3,(H,19,22). The van der Waals surface area contributed by atoms with Crippen LogP contribution in [-0.2, 0) is 11.3 Å². The van der Waals surface area contributed by atoms with Crippen LogP contribution in [0.4, 0.5) is 5.69 Å². The van der Waals surface area contributed by atoms with E-state index in [1.54, 1.807) is 39.1 Å². The van der Waals surface area contributed by atoms with Crippen molar-refractivity contribution in [3.8, 4) is 0 Å². The first-order chi connectivity index (χ1) is 12.0. The van der Waals surface area contributed by atoms with Crippen LogP contribution in [0.3, 0.4) is 0 Å². The van der Waals surface area contributed by atoms with E-state index in [9.17, 15) is 14.4 Å². The molecule has 2 rings (SSSR count). The number of hydrogen-bond donors (Lipinski definition) is 1. The van der Waals surface area contributed by atoms with Gasteiger partial charge in [-0.3, -0.25) is 14.4 Å². The first-order valence-corrected chi connectivity index (χ1v) is 9.18. The lowest BCUT2D eigenvalue weighted by Crippen LogP contribution is -2.30. The Kier molecular flexibility index (Phi) is 6.52. The number of anilines is 1. The normalized spacial score (nSPS) is 10.5. The molecule has 0 fully saturated rings. The topological polar surface area (TPSA) is 71.4 Å². The van der Waals surface area contributed by atoms with Gasteiger partial charge in [-0.25, -0.2) is 0 Å². The van der Waals surface area contributed by atoms with E-state index in [1.165, 1.54) is 0 Å². The fourth-order valence-corrected chi connectivity index (χ4v) is 3.30. The number of nitrogens with one attached hydrogen (secondary N) is 1. The maximum Gasteiger partial charge on any atom is 0.307 e. The monoisotopic (exact) mass is 361 g/mol. The van der Waals surface area contributed by atoms with E-state index >= 15 is 0 Å². The fourth-order valence-electron chi connectivity index (χ4n) is 2.53. The van der Waals surface area contributed by atoms with Gasteiger partial charge in [-0.2, -0.15) is 0 Å². The van der Waals surface area contributed by atoms with Crippen molar-refractivity contribution in [2.24, 2.45) is 0 Å². The van der Waals surface area contributed by atoms with Gasteiger partial charge >= 0.3 is 4.87 Å². The van der Waals surface area contributed by atoms with E-state index in [0.29, 0.717) is 30.9 Å². The Morgan fingerprint density at radius 3 is 2.56 bits per heavy atom. The number of rotatable bonds is 7. The summed E-state index contributed by atoms with van der Waals surface area (Å²) in [6.07, 6.45) is 0.200. The van der Waals surface area contributed by atoms with Crippen molar-refractivity contribution in [3.63, 3.8) is 0 Å². The molecule has 0 saturated carbocycles. The number of aryl methyl sites for hydroxylation is 1. The maximum atomic E-state index is 12.4. The van der Waals surface area contributed by atoms with Crippen LogP contribution in [0.25, 0.3) is 0 Å². The summed E-state index contributed by atoms with van der Waals surface area (Å²) in [7, 11) is 0. The molecule has 1 aromatic heterocycles. The third-order valence-electron chi connectivity index (χ3n) is 3.98. The molecule has 7 heteroatoms. The van der Waals surface area contributed by atoms with Gasteiger partial charge in [-0.1, -0.05) is 17.4 Å². The minimum atomic E-state index is -0.190. The SMILES string of the molecule is CCN(CC)C(=O)c1cccc(NC(=O)CCn2c(C)csc2=O)c1. The second kappa shape index (κ2) is 8.62. The van der Waals surface area contributed by atoms with Gasteiger partial charge in [0.1, 0.15) is 0 Å². The lowest BCUT2D eigenvalue weighted by Gasteiger charge is -2.19. The molecule has 0 aliphatic heterocycles. The number of nitrogens with zero attached hydrogens (tertiary/aromatic N) is 2. The van der Waals surface area contributed by atoms with E-state index in [1.807, 2.05) is 20.8 Å². The van der Waals surface area contributed by atoms with Crippen LogP contribution in [0.2, 0.25) is 0 Å². The summed E-state index contributed by atoms with van der Waals surface area (Å²) in [5.74, 6) is -0.244. The van der Waals surface area contributed by atoms with E-state index in [4.69, 9.17) is 0 Å². The molecule has 0 aliphatic carbocycles. The fraction of sp³-hybridized carbons (Fsp3) is 0.389. The first kappa shape index (κ1) is 18.9. The summed E-state index contributed by atoms with van der Waals surface area (Å²) in [5.41, 5.74) is 1.98. The highest BCUT2D eigenvalue weighted by Gasteiger charge is 2.13. The van der Waals surface area contributed by atoms with Crippen molar-refractivity contribution in [2.45, 2.75) is 33.7 Å². The molecule has 1 heterocycles. The third kappa shape index (κ3) is 4.79. The first-order valence-electron chi connectivity index (χ1n) is 8.30. The Labute approximate surface area is 151 Å². The van der Waals surface area contributed by atoms with Crippen LogP contribution >= 0.6 is 11.3 Å². The zero-order valence-electron chi connectivity index (χ0n) is 14.7. The Morgan fingerprint density at radius 1 is 1.24 bits per heavy atom.